The predicted octanol–water partition coefficient (Wildman–Crippen LogP) is 3.05. The third-order valence-electron chi connectivity index (χ3n) is 3.10. The maximum absolute atomic E-state index is 12.0. The Morgan fingerprint density at radius 2 is 2.00 bits per heavy atom. The Balaban J connectivity index is 1.74. The summed E-state index contributed by atoms with van der Waals surface area (Å²) in [5, 5.41) is 2.79. The molecule has 0 atom stereocenters. The molecule has 4 nitrogen and oxygen atoms in total. The molecule has 0 aliphatic heterocycles. The number of nitrogens with zero attached hydrogens (tertiary/aromatic N) is 1. The topological polar surface area (TPSA) is 57.8 Å². The fourth-order valence-electron chi connectivity index (χ4n) is 2.14. The summed E-state index contributed by atoms with van der Waals surface area (Å²) in [7, 11) is 0. The van der Waals surface area contributed by atoms with Gasteiger partial charge < -0.3 is 4.98 Å². The molecule has 1 amide bonds. The second kappa shape index (κ2) is 5.17. The molecular formula is C16H15N3O. The van der Waals surface area contributed by atoms with Gasteiger partial charge in [-0.15, -0.1) is 0 Å². The molecular weight excluding hydrogens is 250 g/mol. The monoisotopic (exact) mass is 265 g/mol. The molecule has 0 bridgehead atoms. The maximum atomic E-state index is 12.0. The van der Waals surface area contributed by atoms with Gasteiger partial charge >= 0.3 is 0 Å². The van der Waals surface area contributed by atoms with Gasteiger partial charge in [-0.3, -0.25) is 10.1 Å². The molecule has 0 saturated heterocycles. The van der Waals surface area contributed by atoms with Gasteiger partial charge in [0.05, 0.1) is 17.5 Å². The van der Waals surface area contributed by atoms with Crippen LogP contribution in [-0.2, 0) is 11.2 Å². The smallest absolute Gasteiger partial charge is 0.231 e. The van der Waals surface area contributed by atoms with E-state index in [0.29, 0.717) is 12.4 Å². The van der Waals surface area contributed by atoms with Crippen LogP contribution in [0.1, 0.15) is 11.1 Å². The van der Waals surface area contributed by atoms with Crippen molar-refractivity contribution < 1.29 is 4.79 Å². The average Bonchev–Trinajstić information content (AvgIpc) is 2.80. The zero-order valence-corrected chi connectivity index (χ0v) is 11.2. The van der Waals surface area contributed by atoms with Crippen molar-refractivity contribution in [1.29, 1.82) is 0 Å². The molecule has 0 aliphatic carbocycles. The lowest BCUT2D eigenvalue weighted by Gasteiger charge is -2.01. The van der Waals surface area contributed by atoms with Crippen LogP contribution in [0.4, 0.5) is 5.95 Å². The fourth-order valence-corrected chi connectivity index (χ4v) is 2.14. The number of aromatic nitrogens is 2. The number of amides is 1. The number of H-pyrrole nitrogens is 1. The van der Waals surface area contributed by atoms with Crippen LogP contribution in [-0.4, -0.2) is 15.9 Å². The van der Waals surface area contributed by atoms with Crippen LogP contribution in [0.15, 0.2) is 48.5 Å². The highest BCUT2D eigenvalue weighted by molar-refractivity contribution is 5.92. The molecule has 0 radical (unpaired) electrons. The van der Waals surface area contributed by atoms with Gasteiger partial charge in [0.15, 0.2) is 0 Å². The summed E-state index contributed by atoms with van der Waals surface area (Å²) in [6.45, 7) is 2.02. The molecule has 3 rings (SSSR count). The summed E-state index contributed by atoms with van der Waals surface area (Å²) in [5.41, 5.74) is 3.92. The van der Waals surface area contributed by atoms with Gasteiger partial charge in [0.2, 0.25) is 11.9 Å². The van der Waals surface area contributed by atoms with Crippen molar-refractivity contribution in [3.05, 3.63) is 59.7 Å². The molecule has 2 N–H and O–H groups in total. The summed E-state index contributed by atoms with van der Waals surface area (Å²) in [6, 6.07) is 15.6. The van der Waals surface area contributed by atoms with Crippen molar-refractivity contribution in [1.82, 2.24) is 9.97 Å². The minimum absolute atomic E-state index is 0.0769. The largest absolute Gasteiger partial charge is 0.324 e. The van der Waals surface area contributed by atoms with Crippen LogP contribution in [0.3, 0.4) is 0 Å². The van der Waals surface area contributed by atoms with Gasteiger partial charge in [0.1, 0.15) is 0 Å². The van der Waals surface area contributed by atoms with Crippen LogP contribution >= 0.6 is 0 Å². The summed E-state index contributed by atoms with van der Waals surface area (Å²) >= 11 is 0. The predicted molar refractivity (Wildman–Crippen MR) is 79.6 cm³/mol. The number of rotatable bonds is 3. The molecule has 0 fully saturated rings. The standard InChI is InChI=1S/C16H15N3O/c1-11-7-8-13-14(9-11)18-16(17-13)19-15(20)10-12-5-3-2-4-6-12/h2-9H,10H2,1H3,(H2,17,18,19,20). The Labute approximate surface area is 116 Å². The molecule has 1 aromatic heterocycles. The molecule has 0 spiro atoms. The minimum atomic E-state index is -0.0769. The number of aromatic amines is 1. The maximum Gasteiger partial charge on any atom is 0.231 e. The second-order valence-corrected chi connectivity index (χ2v) is 4.82. The van der Waals surface area contributed by atoms with Crippen molar-refractivity contribution in [3.8, 4) is 0 Å². The SMILES string of the molecule is Cc1ccc2nc(NC(=O)Cc3ccccc3)[nH]c2c1. The highest BCUT2D eigenvalue weighted by Crippen LogP contribution is 2.15. The number of imidazole rings is 1. The van der Waals surface area contributed by atoms with Crippen molar-refractivity contribution in [2.45, 2.75) is 13.3 Å². The summed E-state index contributed by atoms with van der Waals surface area (Å²) in [5.74, 6) is 0.415. The van der Waals surface area contributed by atoms with Crippen LogP contribution in [0.2, 0.25) is 0 Å². The summed E-state index contributed by atoms with van der Waals surface area (Å²) in [6.07, 6.45) is 0.344. The van der Waals surface area contributed by atoms with Crippen LogP contribution in [0.5, 0.6) is 0 Å². The fraction of sp³-hybridized carbons (Fsp3) is 0.125. The number of carbonyl (C=O) groups excluding carboxylic acids is 1. The van der Waals surface area contributed by atoms with Crippen molar-refractivity contribution in [2.24, 2.45) is 0 Å². The van der Waals surface area contributed by atoms with E-state index in [1.807, 2.05) is 55.5 Å². The van der Waals surface area contributed by atoms with E-state index in [1.54, 1.807) is 0 Å². The number of hydrogen-bond acceptors (Lipinski definition) is 2. The Kier molecular flexibility index (Phi) is 3.21. The average molecular weight is 265 g/mol. The molecule has 0 unspecified atom stereocenters. The molecule has 4 heteroatoms. The van der Waals surface area contributed by atoms with E-state index >= 15 is 0 Å². The first-order chi connectivity index (χ1) is 9.70. The first-order valence-electron chi connectivity index (χ1n) is 6.51. The number of benzene rings is 2. The molecule has 20 heavy (non-hydrogen) atoms. The number of carbonyl (C=O) groups is 1. The van der Waals surface area contributed by atoms with Crippen molar-refractivity contribution in [3.63, 3.8) is 0 Å². The lowest BCUT2D eigenvalue weighted by molar-refractivity contribution is -0.115. The van der Waals surface area contributed by atoms with E-state index < -0.39 is 0 Å². The van der Waals surface area contributed by atoms with Crippen LogP contribution in [0, 0.1) is 6.92 Å². The number of anilines is 1. The summed E-state index contributed by atoms with van der Waals surface area (Å²) < 4.78 is 0. The van der Waals surface area contributed by atoms with Crippen LogP contribution in [0.25, 0.3) is 11.0 Å². The molecule has 100 valence electrons. The van der Waals surface area contributed by atoms with Gasteiger partial charge in [-0.1, -0.05) is 36.4 Å². The third-order valence-corrected chi connectivity index (χ3v) is 3.10. The number of hydrogen-bond donors (Lipinski definition) is 2. The lowest BCUT2D eigenvalue weighted by atomic mass is 10.1. The van der Waals surface area contributed by atoms with Gasteiger partial charge in [-0.25, -0.2) is 4.98 Å². The molecule has 0 saturated carbocycles. The van der Waals surface area contributed by atoms with Crippen molar-refractivity contribution >= 4 is 22.9 Å². The highest BCUT2D eigenvalue weighted by atomic mass is 16.1. The second-order valence-electron chi connectivity index (χ2n) is 4.82. The van der Waals surface area contributed by atoms with Gasteiger partial charge in [-0.2, -0.15) is 0 Å². The van der Waals surface area contributed by atoms with E-state index in [-0.39, 0.29) is 5.91 Å². The first kappa shape index (κ1) is 12.4. The minimum Gasteiger partial charge on any atom is -0.324 e. The van der Waals surface area contributed by atoms with Crippen LogP contribution < -0.4 is 5.32 Å². The number of fused-ring (bicyclic) bond motifs is 1. The molecule has 1 heterocycles. The van der Waals surface area contributed by atoms with E-state index in [1.165, 1.54) is 0 Å². The van der Waals surface area contributed by atoms with Gasteiger partial charge in [0, 0.05) is 0 Å². The van der Waals surface area contributed by atoms with E-state index in [4.69, 9.17) is 0 Å². The normalized spacial score (nSPS) is 10.7. The molecule has 0 aliphatic rings. The Morgan fingerprint density at radius 3 is 2.80 bits per heavy atom. The quantitative estimate of drug-likeness (QED) is 0.764. The summed E-state index contributed by atoms with van der Waals surface area (Å²) in [4.78, 5) is 19.4. The Bertz CT molecular complexity index is 747. The van der Waals surface area contributed by atoms with Gasteiger partial charge in [0.25, 0.3) is 0 Å². The van der Waals surface area contributed by atoms with Crippen molar-refractivity contribution in [2.75, 3.05) is 5.32 Å². The van der Waals surface area contributed by atoms with E-state index in [0.717, 1.165) is 22.2 Å². The lowest BCUT2D eigenvalue weighted by Crippen LogP contribution is -2.15. The van der Waals surface area contributed by atoms with Gasteiger partial charge in [-0.05, 0) is 30.2 Å². The Hall–Kier alpha value is -2.62. The Morgan fingerprint density at radius 1 is 1.20 bits per heavy atom. The number of aryl methyl sites for hydroxylation is 1. The number of nitrogens with one attached hydrogen (secondary N) is 2. The zero-order chi connectivity index (χ0) is 13.9. The van der Waals surface area contributed by atoms with E-state index in [9.17, 15) is 4.79 Å². The third kappa shape index (κ3) is 2.69. The first-order valence-corrected chi connectivity index (χ1v) is 6.51. The van der Waals surface area contributed by atoms with E-state index in [2.05, 4.69) is 15.3 Å². The molecule has 3 aromatic rings. The molecule has 2 aromatic carbocycles. The zero-order valence-electron chi connectivity index (χ0n) is 11.2. The highest BCUT2D eigenvalue weighted by Gasteiger charge is 2.07.